The Balaban J connectivity index is 1.91. The maximum absolute atomic E-state index is 12.8. The fourth-order valence-electron chi connectivity index (χ4n) is 3.15. The van der Waals surface area contributed by atoms with Crippen molar-refractivity contribution in [1.82, 2.24) is 0 Å². The van der Waals surface area contributed by atoms with Crippen molar-refractivity contribution in [3.05, 3.63) is 88.5 Å². The summed E-state index contributed by atoms with van der Waals surface area (Å²) in [7, 11) is -3.82. The van der Waals surface area contributed by atoms with E-state index in [9.17, 15) is 13.2 Å². The number of benzene rings is 3. The summed E-state index contributed by atoms with van der Waals surface area (Å²) in [5.41, 5.74) is 5.09. The van der Waals surface area contributed by atoms with Gasteiger partial charge in [0.15, 0.2) is 0 Å². The predicted molar refractivity (Wildman–Crippen MR) is 117 cm³/mol. The highest BCUT2D eigenvalue weighted by molar-refractivity contribution is 7.92. The topological polar surface area (TPSA) is 75.3 Å². The van der Waals surface area contributed by atoms with Gasteiger partial charge in [-0.05, 0) is 80.3 Å². The molecule has 2 N–H and O–H groups in total. The Morgan fingerprint density at radius 2 is 1.45 bits per heavy atom. The van der Waals surface area contributed by atoms with E-state index in [0.29, 0.717) is 22.5 Å². The molecule has 0 aliphatic rings. The molecule has 0 aliphatic heterocycles. The van der Waals surface area contributed by atoms with E-state index in [1.807, 2.05) is 51.1 Å². The molecule has 0 atom stereocenters. The number of hydrogen-bond donors (Lipinski definition) is 2. The summed E-state index contributed by atoms with van der Waals surface area (Å²) in [6.45, 7) is 7.52. The number of aryl methyl sites for hydroxylation is 4. The van der Waals surface area contributed by atoms with E-state index in [1.165, 1.54) is 12.1 Å². The average Bonchev–Trinajstić information content (AvgIpc) is 2.62. The standard InChI is InChI=1S/C23H24N2O3S/c1-15-11-16(2)13-19(12-15)24-23(26)21-14-20(10-9-17(21)3)29(27,28)25-22-8-6-5-7-18(22)4/h5-14,25H,1-4H3,(H,24,26). The number of anilines is 2. The first-order chi connectivity index (χ1) is 13.7. The quantitative estimate of drug-likeness (QED) is 0.626. The number of para-hydroxylation sites is 1. The van der Waals surface area contributed by atoms with Gasteiger partial charge in [-0.25, -0.2) is 8.42 Å². The van der Waals surface area contributed by atoms with Crippen LogP contribution in [0, 0.1) is 27.7 Å². The largest absolute Gasteiger partial charge is 0.322 e. The average molecular weight is 409 g/mol. The minimum absolute atomic E-state index is 0.0388. The molecule has 29 heavy (non-hydrogen) atoms. The van der Waals surface area contributed by atoms with Crippen molar-refractivity contribution in [2.45, 2.75) is 32.6 Å². The third kappa shape index (κ3) is 4.84. The molecule has 3 aromatic rings. The first-order valence-corrected chi connectivity index (χ1v) is 10.7. The third-order valence-corrected chi connectivity index (χ3v) is 6.00. The minimum Gasteiger partial charge on any atom is -0.322 e. The van der Waals surface area contributed by atoms with Gasteiger partial charge in [0.05, 0.1) is 10.6 Å². The lowest BCUT2D eigenvalue weighted by Gasteiger charge is -2.13. The number of rotatable bonds is 5. The molecule has 0 aromatic heterocycles. The lowest BCUT2D eigenvalue weighted by atomic mass is 10.1. The molecule has 0 spiro atoms. The summed E-state index contributed by atoms with van der Waals surface area (Å²) < 4.78 is 28.3. The van der Waals surface area contributed by atoms with Crippen LogP contribution in [0.5, 0.6) is 0 Å². The molecule has 0 saturated heterocycles. The highest BCUT2D eigenvalue weighted by atomic mass is 32.2. The molecular formula is C23H24N2O3S. The highest BCUT2D eigenvalue weighted by Gasteiger charge is 2.19. The molecule has 0 saturated carbocycles. The Kier molecular flexibility index (Phi) is 5.75. The Morgan fingerprint density at radius 3 is 2.10 bits per heavy atom. The van der Waals surface area contributed by atoms with Gasteiger partial charge in [-0.1, -0.05) is 30.3 Å². The van der Waals surface area contributed by atoms with Gasteiger partial charge in [0, 0.05) is 11.3 Å². The van der Waals surface area contributed by atoms with E-state index in [4.69, 9.17) is 0 Å². The predicted octanol–water partition coefficient (Wildman–Crippen LogP) is 4.97. The van der Waals surface area contributed by atoms with Crippen molar-refractivity contribution in [3.8, 4) is 0 Å². The zero-order chi connectivity index (χ0) is 21.2. The van der Waals surface area contributed by atoms with Gasteiger partial charge >= 0.3 is 0 Å². The Bertz CT molecular complexity index is 1160. The van der Waals surface area contributed by atoms with Crippen molar-refractivity contribution in [2.24, 2.45) is 0 Å². The van der Waals surface area contributed by atoms with Crippen LogP contribution in [0.4, 0.5) is 11.4 Å². The van der Waals surface area contributed by atoms with Gasteiger partial charge in [0.2, 0.25) is 0 Å². The van der Waals surface area contributed by atoms with E-state index in [-0.39, 0.29) is 10.8 Å². The van der Waals surface area contributed by atoms with E-state index in [1.54, 1.807) is 25.1 Å². The number of nitrogens with one attached hydrogen (secondary N) is 2. The van der Waals surface area contributed by atoms with E-state index >= 15 is 0 Å². The minimum atomic E-state index is -3.82. The normalized spacial score (nSPS) is 11.2. The fraction of sp³-hybridized carbons (Fsp3) is 0.174. The van der Waals surface area contributed by atoms with Crippen LogP contribution in [0.15, 0.2) is 65.6 Å². The molecule has 6 heteroatoms. The first kappa shape index (κ1) is 20.6. The van der Waals surface area contributed by atoms with Crippen LogP contribution in [0.1, 0.15) is 32.6 Å². The number of carbonyl (C=O) groups excluding carboxylic acids is 1. The van der Waals surface area contributed by atoms with Crippen LogP contribution < -0.4 is 10.0 Å². The summed E-state index contributed by atoms with van der Waals surface area (Å²) in [6.07, 6.45) is 0. The second kappa shape index (κ2) is 8.09. The van der Waals surface area contributed by atoms with Crippen LogP contribution in [0.3, 0.4) is 0 Å². The summed E-state index contributed by atoms with van der Waals surface area (Å²) in [5.74, 6) is -0.347. The van der Waals surface area contributed by atoms with Crippen molar-refractivity contribution < 1.29 is 13.2 Å². The van der Waals surface area contributed by atoms with Crippen LogP contribution in [0.2, 0.25) is 0 Å². The molecule has 1 amide bonds. The lowest BCUT2D eigenvalue weighted by molar-refractivity contribution is 0.102. The highest BCUT2D eigenvalue weighted by Crippen LogP contribution is 2.22. The van der Waals surface area contributed by atoms with Crippen molar-refractivity contribution in [3.63, 3.8) is 0 Å². The van der Waals surface area contributed by atoms with E-state index in [0.717, 1.165) is 16.7 Å². The molecule has 5 nitrogen and oxygen atoms in total. The van der Waals surface area contributed by atoms with Crippen LogP contribution in [-0.4, -0.2) is 14.3 Å². The van der Waals surface area contributed by atoms with Crippen LogP contribution in [0.25, 0.3) is 0 Å². The van der Waals surface area contributed by atoms with Crippen molar-refractivity contribution >= 4 is 27.3 Å². The second-order valence-electron chi connectivity index (χ2n) is 7.23. The molecule has 3 aromatic carbocycles. The Hall–Kier alpha value is -3.12. The summed E-state index contributed by atoms with van der Waals surface area (Å²) in [4.78, 5) is 12.9. The SMILES string of the molecule is Cc1cc(C)cc(NC(=O)c2cc(S(=O)(=O)Nc3ccccc3C)ccc2C)c1. The molecule has 150 valence electrons. The van der Waals surface area contributed by atoms with Gasteiger partial charge in [0.25, 0.3) is 15.9 Å². The van der Waals surface area contributed by atoms with Gasteiger partial charge in [0.1, 0.15) is 0 Å². The van der Waals surface area contributed by atoms with Crippen molar-refractivity contribution in [1.29, 1.82) is 0 Å². The molecule has 0 bridgehead atoms. The number of sulfonamides is 1. The van der Waals surface area contributed by atoms with Gasteiger partial charge in [-0.15, -0.1) is 0 Å². The third-order valence-electron chi connectivity index (χ3n) is 4.63. The number of carbonyl (C=O) groups is 1. The van der Waals surface area contributed by atoms with E-state index in [2.05, 4.69) is 10.0 Å². The lowest BCUT2D eigenvalue weighted by Crippen LogP contribution is -2.17. The van der Waals surface area contributed by atoms with Crippen molar-refractivity contribution in [2.75, 3.05) is 10.0 Å². The molecule has 0 radical (unpaired) electrons. The second-order valence-corrected chi connectivity index (χ2v) is 8.91. The van der Waals surface area contributed by atoms with Gasteiger partial charge in [-0.3, -0.25) is 9.52 Å². The zero-order valence-corrected chi connectivity index (χ0v) is 17.7. The number of amides is 1. The maximum atomic E-state index is 12.8. The van der Waals surface area contributed by atoms with Gasteiger partial charge < -0.3 is 5.32 Å². The molecule has 3 rings (SSSR count). The molecular weight excluding hydrogens is 384 g/mol. The maximum Gasteiger partial charge on any atom is 0.261 e. The Morgan fingerprint density at radius 1 is 0.793 bits per heavy atom. The Labute approximate surface area is 171 Å². The van der Waals surface area contributed by atoms with Crippen LogP contribution >= 0.6 is 0 Å². The number of hydrogen-bond acceptors (Lipinski definition) is 3. The molecule has 0 unspecified atom stereocenters. The molecule has 0 heterocycles. The monoisotopic (exact) mass is 408 g/mol. The smallest absolute Gasteiger partial charge is 0.261 e. The fourth-order valence-corrected chi connectivity index (χ4v) is 4.31. The van der Waals surface area contributed by atoms with Gasteiger partial charge in [-0.2, -0.15) is 0 Å². The molecule has 0 fully saturated rings. The van der Waals surface area contributed by atoms with E-state index < -0.39 is 10.0 Å². The molecule has 0 aliphatic carbocycles. The first-order valence-electron chi connectivity index (χ1n) is 9.24. The summed E-state index contributed by atoms with van der Waals surface area (Å²) >= 11 is 0. The summed E-state index contributed by atoms with van der Waals surface area (Å²) in [5, 5.41) is 2.86. The summed E-state index contributed by atoms with van der Waals surface area (Å²) in [6, 6.07) is 17.5. The zero-order valence-electron chi connectivity index (χ0n) is 16.9. The van der Waals surface area contributed by atoms with Crippen LogP contribution in [-0.2, 0) is 10.0 Å².